The number of carbonyl (C=O) groups is 3. The van der Waals surface area contributed by atoms with Crippen molar-refractivity contribution in [1.82, 2.24) is 16.0 Å². The third-order valence-electron chi connectivity index (χ3n) is 6.49. The lowest BCUT2D eigenvalue weighted by Crippen LogP contribution is -2.53. The normalized spacial score (nSPS) is 12.7. The molecule has 1 unspecified atom stereocenters. The van der Waals surface area contributed by atoms with Gasteiger partial charge in [0.25, 0.3) is 0 Å². The summed E-state index contributed by atoms with van der Waals surface area (Å²) < 4.78 is 26.9. The van der Waals surface area contributed by atoms with Crippen LogP contribution in [0.5, 0.6) is 0 Å². The van der Waals surface area contributed by atoms with E-state index in [1.165, 1.54) is 0 Å². The Morgan fingerprint density at radius 3 is 2.02 bits per heavy atom. The highest BCUT2D eigenvalue weighted by atomic mass is 16.6. The second-order valence-corrected chi connectivity index (χ2v) is 11.0. The molecule has 3 rings (SSSR count). The third-order valence-corrected chi connectivity index (χ3v) is 6.49. The summed E-state index contributed by atoms with van der Waals surface area (Å²) in [6.07, 6.45) is -1.52. The maximum Gasteiger partial charge on any atom is 0.407 e. The van der Waals surface area contributed by atoms with Crippen molar-refractivity contribution in [1.29, 1.82) is 0 Å². The molecule has 0 saturated carbocycles. The maximum atomic E-state index is 13.0. The van der Waals surface area contributed by atoms with Crippen LogP contribution in [-0.2, 0) is 28.5 Å². The van der Waals surface area contributed by atoms with Crippen LogP contribution in [0.4, 0.5) is 9.59 Å². The lowest BCUT2D eigenvalue weighted by molar-refractivity contribution is -0.123. The number of amides is 3. The smallest absolute Gasteiger partial charge is 0.407 e. The Bertz CT molecular complexity index is 1270. The van der Waals surface area contributed by atoms with Crippen molar-refractivity contribution in [2.75, 3.05) is 65.9 Å². The molecule has 0 heterocycles. The van der Waals surface area contributed by atoms with Crippen LogP contribution in [0.3, 0.4) is 0 Å². The number of alkyl carbamates (subject to hydrolysis) is 2. The molecular weight excluding hydrogens is 584 g/mol. The van der Waals surface area contributed by atoms with Crippen LogP contribution in [0.25, 0.3) is 21.6 Å². The molecule has 0 spiro atoms. The van der Waals surface area contributed by atoms with Gasteiger partial charge in [-0.2, -0.15) is 0 Å². The summed E-state index contributed by atoms with van der Waals surface area (Å²) in [4.78, 5) is 40.7. The first-order chi connectivity index (χ1) is 21.7. The monoisotopic (exact) mass is 626 g/mol. The van der Waals surface area contributed by atoms with Gasteiger partial charge in [0, 0.05) is 23.9 Å². The average Bonchev–Trinajstić information content (AvgIpc) is 3.33. The van der Waals surface area contributed by atoms with Crippen molar-refractivity contribution in [3.05, 3.63) is 70.1 Å². The standard InChI is InChI=1S/C31H42N6O8/c1-31(2,3)45-29(39)34-20-27(28(38)33-12-14-41-16-18-43-19-17-42-15-13-35-37-32)36-30(40)44-21-26-24-10-6-4-8-22(24)23-9-5-7-11-25(23)26/h4-11,26-27H,12-21H2,1-3H3,(H,33,38)(H,34,39)(H,36,40). The summed E-state index contributed by atoms with van der Waals surface area (Å²) in [6, 6.07) is 14.8. The minimum absolute atomic E-state index is 0.0749. The van der Waals surface area contributed by atoms with Crippen LogP contribution in [0, 0.1) is 0 Å². The van der Waals surface area contributed by atoms with Crippen LogP contribution >= 0.6 is 0 Å². The Labute approximate surface area is 262 Å². The fourth-order valence-electron chi connectivity index (χ4n) is 4.55. The molecule has 1 aliphatic rings. The lowest BCUT2D eigenvalue weighted by atomic mass is 9.98. The van der Waals surface area contributed by atoms with Gasteiger partial charge >= 0.3 is 12.2 Å². The Hall–Kier alpha value is -4.36. The van der Waals surface area contributed by atoms with E-state index in [1.807, 2.05) is 48.5 Å². The number of carbonyl (C=O) groups excluding carboxylic acids is 3. The molecule has 1 atom stereocenters. The average molecular weight is 627 g/mol. The van der Waals surface area contributed by atoms with Gasteiger partial charge in [0.1, 0.15) is 18.2 Å². The van der Waals surface area contributed by atoms with E-state index in [2.05, 4.69) is 26.0 Å². The van der Waals surface area contributed by atoms with Crippen LogP contribution in [0.2, 0.25) is 0 Å². The predicted molar refractivity (Wildman–Crippen MR) is 166 cm³/mol. The minimum Gasteiger partial charge on any atom is -0.449 e. The molecule has 1 aliphatic carbocycles. The minimum atomic E-state index is -1.13. The molecule has 0 bridgehead atoms. The molecule has 0 aliphatic heterocycles. The number of azide groups is 1. The zero-order valence-electron chi connectivity index (χ0n) is 26.0. The summed E-state index contributed by atoms with van der Waals surface area (Å²) in [7, 11) is 0. The van der Waals surface area contributed by atoms with Gasteiger partial charge in [0.15, 0.2) is 0 Å². The fraction of sp³-hybridized carbons (Fsp3) is 0.516. The summed E-state index contributed by atoms with van der Waals surface area (Å²) >= 11 is 0. The lowest BCUT2D eigenvalue weighted by Gasteiger charge is -2.22. The maximum absolute atomic E-state index is 13.0. The van der Waals surface area contributed by atoms with Crippen molar-refractivity contribution in [2.45, 2.75) is 38.3 Å². The van der Waals surface area contributed by atoms with Gasteiger partial charge in [-0.05, 0) is 48.6 Å². The molecule has 0 radical (unpaired) electrons. The molecule has 0 saturated heterocycles. The molecule has 0 fully saturated rings. The first kappa shape index (κ1) is 35.1. The van der Waals surface area contributed by atoms with Gasteiger partial charge in [-0.25, -0.2) is 9.59 Å². The second-order valence-electron chi connectivity index (χ2n) is 11.0. The Morgan fingerprint density at radius 1 is 0.844 bits per heavy atom. The summed E-state index contributed by atoms with van der Waals surface area (Å²) in [6.45, 7) is 7.35. The highest BCUT2D eigenvalue weighted by Crippen LogP contribution is 2.44. The zero-order valence-corrected chi connectivity index (χ0v) is 26.0. The molecule has 3 amide bonds. The highest BCUT2D eigenvalue weighted by Gasteiger charge is 2.30. The van der Waals surface area contributed by atoms with E-state index in [0.717, 1.165) is 22.3 Å². The number of nitrogens with one attached hydrogen (secondary N) is 3. The zero-order chi connectivity index (χ0) is 32.5. The largest absolute Gasteiger partial charge is 0.449 e. The Balaban J connectivity index is 1.44. The Morgan fingerprint density at radius 2 is 1.42 bits per heavy atom. The van der Waals surface area contributed by atoms with E-state index in [4.69, 9.17) is 29.2 Å². The number of hydrogen-bond acceptors (Lipinski definition) is 9. The molecule has 2 aromatic rings. The van der Waals surface area contributed by atoms with Crippen molar-refractivity contribution in [2.24, 2.45) is 5.11 Å². The molecule has 14 heteroatoms. The van der Waals surface area contributed by atoms with Gasteiger partial charge in [-0.15, -0.1) is 0 Å². The fourth-order valence-corrected chi connectivity index (χ4v) is 4.55. The van der Waals surface area contributed by atoms with E-state index < -0.39 is 29.7 Å². The SMILES string of the molecule is CC(C)(C)OC(=O)NCC(NC(=O)OCC1c2ccccc2-c2ccccc21)C(=O)NCCOCCOCCOCCN=[N+]=[N-]. The molecular formula is C31H42N6O8. The number of fused-ring (bicyclic) bond motifs is 3. The number of rotatable bonds is 18. The number of benzene rings is 2. The number of nitrogens with zero attached hydrogens (tertiary/aromatic N) is 3. The third kappa shape index (κ3) is 12.3. The van der Waals surface area contributed by atoms with Gasteiger partial charge < -0.3 is 39.6 Å². The number of ether oxygens (including phenoxy) is 5. The van der Waals surface area contributed by atoms with Gasteiger partial charge in [-0.1, -0.05) is 53.6 Å². The van der Waals surface area contributed by atoms with Crippen molar-refractivity contribution in [3.63, 3.8) is 0 Å². The van der Waals surface area contributed by atoms with Crippen molar-refractivity contribution >= 4 is 18.1 Å². The van der Waals surface area contributed by atoms with E-state index in [1.54, 1.807) is 20.8 Å². The molecule has 14 nitrogen and oxygen atoms in total. The van der Waals surface area contributed by atoms with E-state index >= 15 is 0 Å². The van der Waals surface area contributed by atoms with E-state index in [-0.39, 0.29) is 38.8 Å². The van der Waals surface area contributed by atoms with Crippen LogP contribution in [0.15, 0.2) is 53.6 Å². The topological polar surface area (TPSA) is 182 Å². The molecule has 0 aromatic heterocycles. The molecule has 3 N–H and O–H groups in total. The number of hydrogen-bond donors (Lipinski definition) is 3. The van der Waals surface area contributed by atoms with Crippen LogP contribution in [0.1, 0.15) is 37.8 Å². The Kier molecular flexibility index (Phi) is 14.4. The summed E-state index contributed by atoms with van der Waals surface area (Å²) in [5, 5.41) is 11.2. The molecule has 45 heavy (non-hydrogen) atoms. The van der Waals surface area contributed by atoms with Crippen LogP contribution < -0.4 is 16.0 Å². The van der Waals surface area contributed by atoms with Gasteiger partial charge in [0.2, 0.25) is 5.91 Å². The molecule has 244 valence electrons. The molecule has 2 aromatic carbocycles. The second kappa shape index (κ2) is 18.4. The van der Waals surface area contributed by atoms with Gasteiger partial charge in [-0.3, -0.25) is 4.79 Å². The van der Waals surface area contributed by atoms with Crippen LogP contribution in [-0.4, -0.2) is 95.6 Å². The van der Waals surface area contributed by atoms with E-state index in [0.29, 0.717) is 33.0 Å². The first-order valence-corrected chi connectivity index (χ1v) is 14.8. The van der Waals surface area contributed by atoms with Crippen molar-refractivity contribution < 1.29 is 38.1 Å². The predicted octanol–water partition coefficient (Wildman–Crippen LogP) is 3.89. The first-order valence-electron chi connectivity index (χ1n) is 14.8. The quantitative estimate of drug-likeness (QED) is 0.0964. The highest BCUT2D eigenvalue weighted by molar-refractivity contribution is 5.86. The summed E-state index contributed by atoms with van der Waals surface area (Å²) in [5.74, 6) is -0.676. The van der Waals surface area contributed by atoms with Crippen molar-refractivity contribution in [3.8, 4) is 11.1 Å². The van der Waals surface area contributed by atoms with Gasteiger partial charge in [0.05, 0.1) is 46.2 Å². The summed E-state index contributed by atoms with van der Waals surface area (Å²) in [5.41, 5.74) is 11.8. The van der Waals surface area contributed by atoms with E-state index in [9.17, 15) is 14.4 Å².